The molecule has 1 N–H and O–H groups in total. The number of rotatable bonds is 8. The predicted molar refractivity (Wildman–Crippen MR) is 149 cm³/mol. The van der Waals surface area contributed by atoms with Crippen LogP contribution < -0.4 is 4.74 Å². The molecule has 0 spiro atoms. The molecule has 1 unspecified atom stereocenters. The van der Waals surface area contributed by atoms with E-state index in [4.69, 9.17) is 4.42 Å². The lowest BCUT2D eigenvalue weighted by atomic mass is 9.98. The molecule has 3 aromatic carbocycles. The fraction of sp³-hybridized carbons (Fsp3) is 0.200. The summed E-state index contributed by atoms with van der Waals surface area (Å²) >= 11 is 0. The van der Waals surface area contributed by atoms with Gasteiger partial charge in [0.05, 0.1) is 12.3 Å². The first-order valence-electron chi connectivity index (χ1n) is 12.9. The topological polar surface area (TPSA) is 90.4 Å². The van der Waals surface area contributed by atoms with Crippen LogP contribution in [0.1, 0.15) is 17.4 Å². The number of aliphatic hydroxyl groups excluding tert-OH is 1. The number of alkyl halides is 6. The summed E-state index contributed by atoms with van der Waals surface area (Å²) in [5.41, 5.74) is 1.17. The van der Waals surface area contributed by atoms with Gasteiger partial charge in [-0.05, 0) is 66.6 Å². The van der Waals surface area contributed by atoms with Crippen molar-refractivity contribution in [2.24, 2.45) is 0 Å². The predicted octanol–water partition coefficient (Wildman–Crippen LogP) is 7.36. The molecule has 5 aromatic rings. The summed E-state index contributed by atoms with van der Waals surface area (Å²) in [5.74, 6) is -0.260. The van der Waals surface area contributed by atoms with Gasteiger partial charge < -0.3 is 18.8 Å². The van der Waals surface area contributed by atoms with E-state index in [0.29, 0.717) is 21.6 Å². The summed E-state index contributed by atoms with van der Waals surface area (Å²) in [4.78, 5) is 8.69. The summed E-state index contributed by atoms with van der Waals surface area (Å²) in [6.07, 6.45) is -7.24. The van der Waals surface area contributed by atoms with Crippen molar-refractivity contribution in [1.82, 2.24) is 14.5 Å². The van der Waals surface area contributed by atoms with Crippen LogP contribution in [0.5, 0.6) is 5.75 Å². The Labute approximate surface area is 249 Å². The van der Waals surface area contributed by atoms with Gasteiger partial charge in [0.25, 0.3) is 0 Å². The summed E-state index contributed by atoms with van der Waals surface area (Å²) < 4.78 is 102. The van der Waals surface area contributed by atoms with Crippen molar-refractivity contribution in [3.05, 3.63) is 90.3 Å². The van der Waals surface area contributed by atoms with Gasteiger partial charge >= 0.3 is 12.5 Å². The van der Waals surface area contributed by atoms with Gasteiger partial charge in [-0.2, -0.15) is 13.2 Å². The van der Waals surface area contributed by atoms with Crippen LogP contribution in [-0.2, 0) is 23.4 Å². The molecule has 2 heterocycles. The Bertz CT molecular complexity index is 1830. The molecule has 0 fully saturated rings. The van der Waals surface area contributed by atoms with E-state index in [2.05, 4.69) is 14.7 Å². The molecule has 0 radical (unpaired) electrons. The molecule has 0 aliphatic carbocycles. The Kier molecular flexibility index (Phi) is 8.40. The van der Waals surface area contributed by atoms with Crippen LogP contribution in [0.25, 0.3) is 39.4 Å². The first kappa shape index (κ1) is 31.0. The lowest BCUT2D eigenvalue weighted by molar-refractivity contribution is -0.274. The van der Waals surface area contributed by atoms with Crippen molar-refractivity contribution in [2.45, 2.75) is 30.8 Å². The number of ether oxygens (including phenoxy) is 1. The van der Waals surface area contributed by atoms with E-state index < -0.39 is 34.8 Å². The number of halogens is 6. The minimum absolute atomic E-state index is 0.00994. The van der Waals surface area contributed by atoms with Gasteiger partial charge in [0.2, 0.25) is 0 Å². The van der Waals surface area contributed by atoms with Crippen molar-refractivity contribution in [1.29, 1.82) is 0 Å². The maximum atomic E-state index is 13.6. The molecule has 0 saturated carbocycles. The Morgan fingerprint density at radius 2 is 1.61 bits per heavy atom. The second-order valence-electron chi connectivity index (χ2n) is 9.59. The number of hydrogen-bond acceptors (Lipinski definition) is 6. The number of hydrogen-bond donors (Lipinski definition) is 1. The van der Waals surface area contributed by atoms with Gasteiger partial charge in [-0.15, -0.1) is 13.2 Å². The fourth-order valence-corrected chi connectivity index (χ4v) is 5.14. The Morgan fingerprint density at radius 3 is 2.23 bits per heavy atom. The molecule has 0 bridgehead atoms. The van der Waals surface area contributed by atoms with Crippen molar-refractivity contribution in [3.63, 3.8) is 0 Å². The third-order valence-corrected chi connectivity index (χ3v) is 7.45. The van der Waals surface area contributed by atoms with Gasteiger partial charge in [0, 0.05) is 45.7 Å². The molecule has 2 aromatic heterocycles. The fourth-order valence-electron chi connectivity index (χ4n) is 4.57. The zero-order chi connectivity index (χ0) is 31.8. The zero-order valence-electron chi connectivity index (χ0n) is 23.0. The van der Waals surface area contributed by atoms with E-state index in [0.717, 1.165) is 18.3 Å². The highest BCUT2D eigenvalue weighted by molar-refractivity contribution is 7.84. The normalized spacial score (nSPS) is 12.8. The Hall–Kier alpha value is -4.43. The van der Waals surface area contributed by atoms with Crippen LogP contribution in [0.3, 0.4) is 0 Å². The van der Waals surface area contributed by atoms with Crippen LogP contribution in [0.4, 0.5) is 26.3 Å². The molecular weight excluding hydrogens is 612 g/mol. The van der Waals surface area contributed by atoms with E-state index >= 15 is 0 Å². The van der Waals surface area contributed by atoms with Crippen molar-refractivity contribution in [2.75, 3.05) is 12.9 Å². The molecule has 0 amide bonds. The number of nitrogens with zero attached hydrogens (tertiary/aromatic N) is 3. The van der Waals surface area contributed by atoms with E-state index in [-0.39, 0.29) is 47.4 Å². The van der Waals surface area contributed by atoms with E-state index in [1.807, 2.05) is 0 Å². The van der Waals surface area contributed by atoms with E-state index in [9.17, 15) is 35.7 Å². The zero-order valence-corrected chi connectivity index (χ0v) is 23.8. The number of aryl methyl sites for hydroxylation is 1. The standard InChI is InChI=1S/C30H23F6N3O4S/c1-17-37-25(29(31,32)33)16-39(17)24-11-8-20(19-4-3-5-22(14-19)44(2)41)15-23(24)28-27(38-26(42-28)12-13-40)18-6-9-21(10-7-18)43-30(34,35)36/h3-11,14-16,40H,12-13H2,1-2H3. The maximum Gasteiger partial charge on any atom is 0.573 e. The molecular formula is C30H23F6N3O4S. The molecule has 0 aliphatic heterocycles. The molecule has 1 atom stereocenters. The lowest BCUT2D eigenvalue weighted by Crippen LogP contribution is -2.16. The maximum absolute atomic E-state index is 13.6. The number of oxazole rings is 1. The number of benzene rings is 3. The van der Waals surface area contributed by atoms with Crippen LogP contribution in [-0.4, -0.2) is 43.1 Å². The largest absolute Gasteiger partial charge is 0.573 e. The minimum Gasteiger partial charge on any atom is -0.440 e. The molecule has 5 rings (SSSR count). The average Bonchev–Trinajstić information content (AvgIpc) is 3.56. The minimum atomic E-state index is -4.90. The molecule has 0 saturated heterocycles. The van der Waals surface area contributed by atoms with E-state index in [1.165, 1.54) is 29.9 Å². The third-order valence-electron chi connectivity index (χ3n) is 6.53. The van der Waals surface area contributed by atoms with Crippen molar-refractivity contribution >= 4 is 10.8 Å². The number of aliphatic hydroxyl groups is 1. The Balaban J connectivity index is 1.74. The Morgan fingerprint density at radius 1 is 0.932 bits per heavy atom. The van der Waals surface area contributed by atoms with Crippen LogP contribution in [0.15, 0.2) is 82.2 Å². The summed E-state index contributed by atoms with van der Waals surface area (Å²) in [5, 5.41) is 9.55. The van der Waals surface area contributed by atoms with Crippen LogP contribution in [0.2, 0.25) is 0 Å². The van der Waals surface area contributed by atoms with Gasteiger partial charge in [0.1, 0.15) is 17.3 Å². The SMILES string of the molecule is Cc1nc(C(F)(F)F)cn1-c1ccc(-c2cccc(S(C)=O)c2)cc1-c1oc(CCO)nc1-c1ccc(OC(F)(F)F)cc1. The lowest BCUT2D eigenvalue weighted by Gasteiger charge is -2.14. The first-order valence-corrected chi connectivity index (χ1v) is 14.5. The first-order chi connectivity index (χ1) is 20.7. The van der Waals surface area contributed by atoms with Crippen LogP contribution in [0, 0.1) is 6.92 Å². The smallest absolute Gasteiger partial charge is 0.440 e. The summed E-state index contributed by atoms with van der Waals surface area (Å²) in [6.45, 7) is 1.08. The monoisotopic (exact) mass is 635 g/mol. The second kappa shape index (κ2) is 11.9. The molecule has 7 nitrogen and oxygen atoms in total. The molecule has 0 aliphatic rings. The van der Waals surface area contributed by atoms with Gasteiger partial charge in [-0.25, -0.2) is 9.97 Å². The highest BCUT2D eigenvalue weighted by Crippen LogP contribution is 2.40. The van der Waals surface area contributed by atoms with Crippen LogP contribution >= 0.6 is 0 Å². The van der Waals surface area contributed by atoms with Crippen molar-refractivity contribution < 1.29 is 44.8 Å². The number of imidazole rings is 1. The highest BCUT2D eigenvalue weighted by atomic mass is 32.2. The van der Waals surface area contributed by atoms with Gasteiger partial charge in [0.15, 0.2) is 17.3 Å². The molecule has 14 heteroatoms. The quantitative estimate of drug-likeness (QED) is 0.179. The van der Waals surface area contributed by atoms with E-state index in [1.54, 1.807) is 42.5 Å². The number of aromatic nitrogens is 3. The summed E-state index contributed by atoms with van der Waals surface area (Å²) in [6, 6.07) is 16.7. The van der Waals surface area contributed by atoms with Gasteiger partial charge in [-0.3, -0.25) is 4.21 Å². The van der Waals surface area contributed by atoms with Crippen molar-refractivity contribution in [3.8, 4) is 45.1 Å². The molecule has 230 valence electrons. The van der Waals surface area contributed by atoms with Gasteiger partial charge in [-0.1, -0.05) is 18.2 Å². The average molecular weight is 636 g/mol. The summed E-state index contributed by atoms with van der Waals surface area (Å²) in [7, 11) is -1.29. The second-order valence-corrected chi connectivity index (χ2v) is 11.0. The highest BCUT2D eigenvalue weighted by Gasteiger charge is 2.35. The molecule has 44 heavy (non-hydrogen) atoms. The third kappa shape index (κ3) is 6.70.